The number of aliphatic hydroxyl groups excluding tert-OH is 1. The Bertz CT molecular complexity index is 111. The van der Waals surface area contributed by atoms with E-state index in [-0.39, 0.29) is 6.42 Å². The van der Waals surface area contributed by atoms with Gasteiger partial charge in [0, 0.05) is 6.42 Å². The van der Waals surface area contributed by atoms with Crippen LogP contribution in [0.15, 0.2) is 12.7 Å². The van der Waals surface area contributed by atoms with Crippen LogP contribution >= 0.6 is 0 Å². The van der Waals surface area contributed by atoms with Crippen LogP contribution < -0.4 is 0 Å². The first-order chi connectivity index (χ1) is 4.18. The maximum Gasteiger partial charge on any atom is 0.235 e. The summed E-state index contributed by atoms with van der Waals surface area (Å²) in [5.41, 5.74) is -1.73. The molecule has 9 heavy (non-hydrogen) atoms. The molecule has 0 amide bonds. The Kier molecular flexibility index (Phi) is 3.12. The largest absolute Gasteiger partial charge is 0.393 e. The highest BCUT2D eigenvalue weighted by atomic mass is 16.3. The van der Waals surface area contributed by atoms with Crippen molar-refractivity contribution in [2.24, 2.45) is 0 Å². The van der Waals surface area contributed by atoms with Crippen molar-refractivity contribution in [1.29, 1.82) is 0 Å². The molecule has 0 aliphatic heterocycles. The molecule has 1 radical (unpaired) electrons. The molecule has 1 unspecified atom stereocenters. The zero-order chi connectivity index (χ0) is 7.33. The summed E-state index contributed by atoms with van der Waals surface area (Å²) in [6, 6.07) is 0. The highest BCUT2D eigenvalue weighted by molar-refractivity contribution is 5.63. The van der Waals surface area contributed by atoms with E-state index in [1.165, 1.54) is 12.4 Å². The van der Waals surface area contributed by atoms with E-state index in [2.05, 4.69) is 6.58 Å². The van der Waals surface area contributed by atoms with Gasteiger partial charge in [0.05, 0.1) is 6.61 Å². The molecule has 0 aliphatic carbocycles. The van der Waals surface area contributed by atoms with E-state index in [1.54, 1.807) is 0 Å². The first-order valence-corrected chi connectivity index (χ1v) is 2.52. The summed E-state index contributed by atoms with van der Waals surface area (Å²) in [6.45, 7) is 2.68. The van der Waals surface area contributed by atoms with E-state index in [9.17, 15) is 4.79 Å². The molecule has 51 valence electrons. The lowest BCUT2D eigenvalue weighted by molar-refractivity contribution is 0.0450. The van der Waals surface area contributed by atoms with Gasteiger partial charge < -0.3 is 10.2 Å². The molecule has 0 rings (SSSR count). The Morgan fingerprint density at radius 3 is 2.44 bits per heavy atom. The standard InChI is InChI=1S/C6H9O3/c1-2-3-6(9,4-7)5-8/h2,7,9H,1,3-4H2. The van der Waals surface area contributed by atoms with Crippen LogP contribution in [0.4, 0.5) is 0 Å². The van der Waals surface area contributed by atoms with Crippen molar-refractivity contribution in [2.75, 3.05) is 6.61 Å². The quantitative estimate of drug-likeness (QED) is 0.498. The van der Waals surface area contributed by atoms with Crippen LogP contribution in [-0.2, 0) is 4.79 Å². The first-order valence-electron chi connectivity index (χ1n) is 2.52. The summed E-state index contributed by atoms with van der Waals surface area (Å²) >= 11 is 0. The topological polar surface area (TPSA) is 57.5 Å². The van der Waals surface area contributed by atoms with Crippen LogP contribution in [0.5, 0.6) is 0 Å². The molecular weight excluding hydrogens is 120 g/mol. The van der Waals surface area contributed by atoms with Gasteiger partial charge in [0.25, 0.3) is 0 Å². The molecule has 0 aromatic heterocycles. The summed E-state index contributed by atoms with van der Waals surface area (Å²) in [6.07, 6.45) is 2.70. The lowest BCUT2D eigenvalue weighted by Crippen LogP contribution is -2.34. The molecule has 0 aliphatic rings. The van der Waals surface area contributed by atoms with E-state index < -0.39 is 12.2 Å². The molecule has 3 nitrogen and oxygen atoms in total. The van der Waals surface area contributed by atoms with Crippen LogP contribution in [0.2, 0.25) is 0 Å². The Morgan fingerprint density at radius 1 is 1.78 bits per heavy atom. The molecule has 0 heterocycles. The normalized spacial score (nSPS) is 16.2. The van der Waals surface area contributed by atoms with Crippen LogP contribution in [0.3, 0.4) is 0 Å². The highest BCUT2D eigenvalue weighted by Crippen LogP contribution is 2.04. The molecular formula is C6H9O3. The van der Waals surface area contributed by atoms with Gasteiger partial charge in [-0.2, -0.15) is 0 Å². The van der Waals surface area contributed by atoms with Crippen molar-refractivity contribution >= 4 is 6.29 Å². The smallest absolute Gasteiger partial charge is 0.235 e. The fourth-order valence-corrected chi connectivity index (χ4v) is 0.377. The summed E-state index contributed by atoms with van der Waals surface area (Å²) in [5, 5.41) is 17.2. The second kappa shape index (κ2) is 3.37. The second-order valence-corrected chi connectivity index (χ2v) is 1.78. The average molecular weight is 129 g/mol. The number of rotatable bonds is 4. The Balaban J connectivity index is 3.90. The van der Waals surface area contributed by atoms with Crippen LogP contribution in [0.1, 0.15) is 6.42 Å². The molecule has 0 fully saturated rings. The van der Waals surface area contributed by atoms with E-state index in [1.807, 2.05) is 0 Å². The van der Waals surface area contributed by atoms with Crippen molar-refractivity contribution in [1.82, 2.24) is 0 Å². The fraction of sp³-hybridized carbons (Fsp3) is 0.500. The summed E-state index contributed by atoms with van der Waals surface area (Å²) in [4.78, 5) is 9.86. The minimum absolute atomic E-state index is 0.0347. The van der Waals surface area contributed by atoms with Crippen molar-refractivity contribution in [3.63, 3.8) is 0 Å². The number of hydrogen-bond acceptors (Lipinski definition) is 3. The lowest BCUT2D eigenvalue weighted by atomic mass is 10.0. The third-order valence-electron chi connectivity index (χ3n) is 0.934. The van der Waals surface area contributed by atoms with Gasteiger partial charge in [-0.05, 0) is 0 Å². The number of aliphatic hydroxyl groups is 2. The van der Waals surface area contributed by atoms with Gasteiger partial charge in [-0.3, -0.25) is 4.79 Å². The molecule has 0 aromatic rings. The lowest BCUT2D eigenvalue weighted by Gasteiger charge is -2.13. The van der Waals surface area contributed by atoms with Crippen LogP contribution in [0, 0.1) is 0 Å². The van der Waals surface area contributed by atoms with Crippen molar-refractivity contribution in [3.8, 4) is 0 Å². The molecule has 2 N–H and O–H groups in total. The molecule has 3 heteroatoms. The minimum atomic E-state index is -1.73. The molecule has 1 atom stereocenters. The van der Waals surface area contributed by atoms with E-state index in [4.69, 9.17) is 10.2 Å². The second-order valence-electron chi connectivity index (χ2n) is 1.78. The Morgan fingerprint density at radius 2 is 2.33 bits per heavy atom. The van der Waals surface area contributed by atoms with Gasteiger partial charge in [0.2, 0.25) is 6.29 Å². The molecule has 0 aromatic carbocycles. The molecule has 0 saturated carbocycles. The predicted octanol–water partition coefficient (Wildman–Crippen LogP) is -0.604. The zero-order valence-electron chi connectivity index (χ0n) is 5.00. The third-order valence-corrected chi connectivity index (χ3v) is 0.934. The van der Waals surface area contributed by atoms with Crippen LogP contribution in [0.25, 0.3) is 0 Å². The summed E-state index contributed by atoms with van der Waals surface area (Å²) in [7, 11) is 0. The maximum atomic E-state index is 9.86. The zero-order valence-corrected chi connectivity index (χ0v) is 5.00. The van der Waals surface area contributed by atoms with Gasteiger partial charge in [0.1, 0.15) is 0 Å². The van der Waals surface area contributed by atoms with Gasteiger partial charge in [-0.1, -0.05) is 6.08 Å². The SMILES string of the molecule is C=CCC(O)([C]=O)CO. The van der Waals surface area contributed by atoms with Crippen molar-refractivity contribution in [2.45, 2.75) is 12.0 Å². The van der Waals surface area contributed by atoms with Gasteiger partial charge >= 0.3 is 0 Å². The van der Waals surface area contributed by atoms with E-state index in [0.29, 0.717) is 0 Å². The fourth-order valence-electron chi connectivity index (χ4n) is 0.377. The monoisotopic (exact) mass is 129 g/mol. The first kappa shape index (κ1) is 8.33. The molecule has 0 bridgehead atoms. The van der Waals surface area contributed by atoms with Crippen LogP contribution in [-0.4, -0.2) is 28.7 Å². The maximum absolute atomic E-state index is 9.86. The number of hydrogen-bond donors (Lipinski definition) is 2. The van der Waals surface area contributed by atoms with Crippen molar-refractivity contribution < 1.29 is 15.0 Å². The van der Waals surface area contributed by atoms with Gasteiger partial charge in [0.15, 0.2) is 5.60 Å². The molecule has 0 spiro atoms. The Labute approximate surface area is 53.6 Å². The Hall–Kier alpha value is -0.670. The highest BCUT2D eigenvalue weighted by Gasteiger charge is 2.23. The predicted molar refractivity (Wildman–Crippen MR) is 32.5 cm³/mol. The molecule has 0 saturated heterocycles. The third kappa shape index (κ3) is 2.39. The minimum Gasteiger partial charge on any atom is -0.393 e. The average Bonchev–Trinajstić information content (AvgIpc) is 1.89. The summed E-state index contributed by atoms with van der Waals surface area (Å²) in [5.74, 6) is 0. The van der Waals surface area contributed by atoms with E-state index in [0.717, 1.165) is 0 Å². The number of carbonyl (C=O) groups excluding carboxylic acids is 1. The van der Waals surface area contributed by atoms with Gasteiger partial charge in [-0.25, -0.2) is 0 Å². The van der Waals surface area contributed by atoms with Crippen molar-refractivity contribution in [3.05, 3.63) is 12.7 Å². The van der Waals surface area contributed by atoms with E-state index >= 15 is 0 Å². The summed E-state index contributed by atoms with van der Waals surface area (Å²) < 4.78 is 0. The van der Waals surface area contributed by atoms with Gasteiger partial charge in [-0.15, -0.1) is 6.58 Å².